The first-order valence-electron chi connectivity index (χ1n) is 53.0. The fourth-order valence-corrected chi connectivity index (χ4v) is 15.7. The van der Waals surface area contributed by atoms with Gasteiger partial charge in [-0.1, -0.05) is 366 Å². The topological polar surface area (TPSA) is 215 Å². The fraction of sp³-hybridized carbons (Fsp3) is 0.879. The Morgan fingerprint density at radius 1 is 0.302 bits per heavy atom. The van der Waals surface area contributed by atoms with Gasteiger partial charge in [0.2, 0.25) is 0 Å². The van der Waals surface area contributed by atoms with Gasteiger partial charge in [-0.2, -0.15) is 0 Å². The number of phosphoric acid groups is 1. The van der Waals surface area contributed by atoms with Gasteiger partial charge in [-0.25, -0.2) is 0 Å². The summed E-state index contributed by atoms with van der Waals surface area (Å²) in [5.74, 6) is -1.08. The van der Waals surface area contributed by atoms with Crippen LogP contribution in [0, 0.1) is 0 Å². The smallest absolute Gasteiger partial charge is 0.306 e. The van der Waals surface area contributed by atoms with E-state index < -0.39 is 26.6 Å². The molecule has 0 aromatic carbocycles. The van der Waals surface area contributed by atoms with E-state index in [0.717, 1.165) is 89.9 Å². The van der Waals surface area contributed by atoms with Crippen molar-refractivity contribution in [1.82, 2.24) is 0 Å². The molecule has 0 aliphatic heterocycles. The Kier molecular flexibility index (Phi) is 97.6. The zero-order valence-corrected chi connectivity index (χ0v) is 85.9. The summed E-state index contributed by atoms with van der Waals surface area (Å²) in [6, 6.07) is 0. The second-order valence-electron chi connectivity index (χ2n) is 38.7. The van der Waals surface area contributed by atoms with E-state index in [0.29, 0.717) is 60.7 Å². The van der Waals surface area contributed by atoms with Gasteiger partial charge in [-0.15, -0.1) is 0 Å². The van der Waals surface area contributed by atoms with Gasteiger partial charge in [0.1, 0.15) is 52.2 Å². The lowest BCUT2D eigenvalue weighted by molar-refractivity contribution is -0.873. The fourth-order valence-electron chi connectivity index (χ4n) is 14.9. The van der Waals surface area contributed by atoms with Crippen molar-refractivity contribution in [3.8, 4) is 0 Å². The number of carbonyl (C=O) groups excluding carboxylic acids is 5. The van der Waals surface area contributed by atoms with Crippen LogP contribution in [0.25, 0.3) is 0 Å². The zero-order chi connectivity index (χ0) is 93.5. The lowest BCUT2D eigenvalue weighted by Gasteiger charge is -2.28. The largest absolute Gasteiger partial charge is 0.756 e. The summed E-state index contributed by atoms with van der Waals surface area (Å²) in [6.45, 7) is 12.6. The lowest BCUT2D eigenvalue weighted by Crippen LogP contribution is -3.07. The Bertz CT molecular complexity index is 2530. The molecule has 18 nitrogen and oxygen atoms in total. The second kappa shape index (κ2) is 97.3. The van der Waals surface area contributed by atoms with Crippen LogP contribution in [0.3, 0.4) is 0 Å². The lowest BCUT2D eigenvalue weighted by atomic mass is 10.0. The van der Waals surface area contributed by atoms with Crippen LogP contribution in [-0.4, -0.2) is 171 Å². The number of unbranched alkanes of at least 4 members (excludes halogenated alkanes) is 56. The molecule has 0 spiro atoms. The number of phosphoric ester groups is 1. The minimum absolute atomic E-state index is 0.00547. The maximum atomic E-state index is 12.6. The highest BCUT2D eigenvalue weighted by Crippen LogP contribution is 2.38. The summed E-state index contributed by atoms with van der Waals surface area (Å²) < 4.78 is 49.8. The van der Waals surface area contributed by atoms with E-state index in [1.807, 2.05) is 35.2 Å². The average molecular weight is 1810 g/mol. The molecule has 0 fully saturated rings. The Morgan fingerprint density at radius 3 is 0.770 bits per heavy atom. The highest BCUT2D eigenvalue weighted by molar-refractivity contribution is 7.45. The molecule has 0 saturated carbocycles. The van der Waals surface area contributed by atoms with Crippen LogP contribution in [0.5, 0.6) is 0 Å². The van der Waals surface area contributed by atoms with Crippen LogP contribution in [0.15, 0.2) is 48.6 Å². The standard InChI is InChI=1S/C42H80NO4.C41H77NO4.C24H50NO7P/c1-6-8-10-12-14-16-18-20-22-24-26-28-30-32-34-36-41(44)46-39-40(38-43(3,4)5)47-42(45)37-35-33-31-29-27-25-23-21-19-17-15-13-11-9-7-2;1-5-7-9-11-13-15-17-19-21-23-25-27-29-31-33-35-40(43)45-38-39(37-42(3)4)46-41(44)36-34-32-30-28-26-24-22-20-18-16-14-12-10-8-6-2;1-5-6-7-8-9-10-11-12-13-14-15-16-17-18-24(27)30-21-23(26)22-32-33(28,29)31-20-19-25(2,3)4/h20-23,40H,6-19,24-39H2,1-5H3;19-22,39H,5-18,23-38H2,1-4H3;23,26H,5-22H2,1-4H3/q+1;;/p+1/b22-20-,23-21-;21-19-,22-20-;. The third kappa shape index (κ3) is 109. The van der Waals surface area contributed by atoms with Crippen molar-refractivity contribution in [2.24, 2.45) is 0 Å². The number of allylic oxidation sites excluding steroid dienone is 8. The first kappa shape index (κ1) is 126. The van der Waals surface area contributed by atoms with Crippen LogP contribution in [0.1, 0.15) is 484 Å². The van der Waals surface area contributed by atoms with E-state index in [1.54, 1.807) is 0 Å². The number of quaternary nitrogens is 3. The van der Waals surface area contributed by atoms with Crippen molar-refractivity contribution >= 4 is 37.7 Å². The Morgan fingerprint density at radius 2 is 0.524 bits per heavy atom. The van der Waals surface area contributed by atoms with E-state index in [9.17, 15) is 38.5 Å². The van der Waals surface area contributed by atoms with Crippen molar-refractivity contribution in [3.05, 3.63) is 48.6 Å². The predicted octanol–water partition coefficient (Wildman–Crippen LogP) is 27.5. The highest BCUT2D eigenvalue weighted by atomic mass is 31.2. The molecular weight excluding hydrogens is 1600 g/mol. The van der Waals surface area contributed by atoms with Crippen LogP contribution >= 0.6 is 7.82 Å². The summed E-state index contributed by atoms with van der Waals surface area (Å²) in [6.07, 6.45) is 99.4. The van der Waals surface area contributed by atoms with Crippen molar-refractivity contribution in [1.29, 1.82) is 0 Å². The molecule has 0 rings (SSSR count). The van der Waals surface area contributed by atoms with Crippen molar-refractivity contribution in [3.63, 3.8) is 0 Å². The minimum Gasteiger partial charge on any atom is -0.756 e. The van der Waals surface area contributed by atoms with Gasteiger partial charge >= 0.3 is 29.8 Å². The number of nitrogens with zero attached hydrogens (tertiary/aromatic N) is 2. The molecule has 0 radical (unpaired) electrons. The van der Waals surface area contributed by atoms with Gasteiger partial charge in [-0.3, -0.25) is 28.5 Å². The first-order chi connectivity index (χ1) is 60.8. The van der Waals surface area contributed by atoms with E-state index in [1.165, 1.54) is 332 Å². The molecule has 19 heteroatoms. The van der Waals surface area contributed by atoms with Gasteiger partial charge < -0.3 is 56.6 Å². The second-order valence-corrected chi connectivity index (χ2v) is 40.1. The van der Waals surface area contributed by atoms with Gasteiger partial charge in [-0.05, 0) is 135 Å². The number of hydrogen-bond donors (Lipinski definition) is 2. The number of likely N-dealkylation sites (N-methyl/N-ethyl adjacent to an activating group) is 3. The number of aliphatic hydroxyl groups is 1. The number of carbonyl (C=O) groups is 5. The van der Waals surface area contributed by atoms with Crippen molar-refractivity contribution < 1.29 is 85.1 Å². The molecule has 0 heterocycles. The van der Waals surface area contributed by atoms with Gasteiger partial charge in [0, 0.05) is 32.1 Å². The number of esters is 5. The number of ether oxygens (including phenoxy) is 5. The molecular formula is C107H208N3O15P+2. The number of rotatable bonds is 93. The third-order valence-corrected chi connectivity index (χ3v) is 23.7. The average Bonchev–Trinajstić information content (AvgIpc) is 0.913. The monoisotopic (exact) mass is 1810 g/mol. The Hall–Kier alpha value is -3.74. The van der Waals surface area contributed by atoms with Crippen molar-refractivity contribution in [2.45, 2.75) is 502 Å². The molecule has 0 saturated heterocycles. The number of hydrogen-bond acceptors (Lipinski definition) is 15. The maximum Gasteiger partial charge on any atom is 0.306 e. The predicted molar refractivity (Wildman–Crippen MR) is 530 cm³/mol. The quantitative estimate of drug-likeness (QED) is 0.0145. The highest BCUT2D eigenvalue weighted by Gasteiger charge is 2.25. The normalized spacial score (nSPS) is 13.1. The van der Waals surface area contributed by atoms with Gasteiger partial charge in [0.15, 0.2) is 12.2 Å². The zero-order valence-electron chi connectivity index (χ0n) is 85.0. The number of nitrogens with one attached hydrogen (secondary N) is 1. The molecule has 0 aliphatic carbocycles. The van der Waals surface area contributed by atoms with Crippen LogP contribution in [0.2, 0.25) is 0 Å². The van der Waals surface area contributed by atoms with E-state index in [-0.39, 0.29) is 62.4 Å². The number of aliphatic hydroxyl groups excluding tert-OH is 1. The SMILES string of the molecule is CCCCCCCC/C=C\CCCCCCCC(=O)OCC(C[N+](C)(C)C)OC(=O)CCCCCCC/C=C\CCCCCCCC.CCCCCCCC/C=C\CCCCCCCC(=O)OCC(C[NH+](C)C)OC(=O)CCCCCCC/C=C\CCCCCCCC.CCCCCCCCCCCCCCCC(=O)OCC(O)COP(=O)([O-])OCC[N+](C)(C)C. The molecule has 4 atom stereocenters. The summed E-state index contributed by atoms with van der Waals surface area (Å²) in [4.78, 5) is 74.3. The van der Waals surface area contributed by atoms with Crippen LogP contribution < -0.4 is 9.79 Å². The summed E-state index contributed by atoms with van der Waals surface area (Å²) in [5, 5.41) is 9.78. The van der Waals surface area contributed by atoms with Gasteiger partial charge in [0.25, 0.3) is 7.82 Å². The van der Waals surface area contributed by atoms with Gasteiger partial charge in [0.05, 0.1) is 63.0 Å². The van der Waals surface area contributed by atoms with Crippen molar-refractivity contribution in [2.75, 3.05) is 109 Å². The molecule has 0 bridgehead atoms. The minimum atomic E-state index is -4.48. The molecule has 126 heavy (non-hydrogen) atoms. The Labute approximate surface area is 778 Å². The molecule has 0 aromatic rings. The molecule has 4 unspecified atom stereocenters. The maximum absolute atomic E-state index is 12.6. The molecule has 0 aromatic heterocycles. The van der Waals surface area contributed by atoms with Crippen LogP contribution in [-0.2, 0) is 61.3 Å². The van der Waals surface area contributed by atoms with E-state index in [4.69, 9.17) is 28.2 Å². The molecule has 0 amide bonds. The molecule has 0 aliphatic rings. The van der Waals surface area contributed by atoms with E-state index in [2.05, 4.69) is 109 Å². The Balaban J connectivity index is -0.00000183. The van der Waals surface area contributed by atoms with E-state index >= 15 is 0 Å². The van der Waals surface area contributed by atoms with Crippen LogP contribution in [0.4, 0.5) is 0 Å². The summed E-state index contributed by atoms with van der Waals surface area (Å²) in [7, 11) is 11.5. The molecule has 2 N–H and O–H groups in total. The first-order valence-corrected chi connectivity index (χ1v) is 54.4. The molecule has 744 valence electrons. The third-order valence-electron chi connectivity index (χ3n) is 22.8. The summed E-state index contributed by atoms with van der Waals surface area (Å²) >= 11 is 0. The summed E-state index contributed by atoms with van der Waals surface area (Å²) in [5.41, 5.74) is 0.